The molecule has 0 aliphatic carbocycles. The lowest BCUT2D eigenvalue weighted by Gasteiger charge is -2.10. The standard InChI is InChI=1S/C11H13Br2NO2S/c1-7(2)6-14-17(15,16)11-5-9(12)8(3)4-10(11)13/h4-5,14H,1,6H2,2-3H3. The number of sulfonamides is 1. The Kier molecular flexibility index (Phi) is 4.95. The van der Waals surface area contributed by atoms with Crippen LogP contribution < -0.4 is 4.72 Å². The van der Waals surface area contributed by atoms with E-state index < -0.39 is 10.0 Å². The third-order valence-corrected chi connectivity index (χ3v) is 5.28. The van der Waals surface area contributed by atoms with Gasteiger partial charge in [-0.3, -0.25) is 0 Å². The van der Waals surface area contributed by atoms with E-state index in [-0.39, 0.29) is 11.4 Å². The Morgan fingerprint density at radius 1 is 1.35 bits per heavy atom. The first-order chi connectivity index (χ1) is 7.74. The molecule has 0 spiro atoms. The van der Waals surface area contributed by atoms with Crippen LogP contribution in [0.4, 0.5) is 0 Å². The van der Waals surface area contributed by atoms with Crippen molar-refractivity contribution in [2.24, 2.45) is 0 Å². The van der Waals surface area contributed by atoms with Crippen LogP contribution in [0.25, 0.3) is 0 Å². The van der Waals surface area contributed by atoms with E-state index in [4.69, 9.17) is 0 Å². The maximum Gasteiger partial charge on any atom is 0.242 e. The third-order valence-electron chi connectivity index (χ3n) is 2.07. The molecule has 17 heavy (non-hydrogen) atoms. The lowest BCUT2D eigenvalue weighted by atomic mass is 10.2. The molecule has 0 fully saturated rings. The number of aryl methyl sites for hydroxylation is 1. The summed E-state index contributed by atoms with van der Waals surface area (Å²) in [5.41, 5.74) is 1.73. The number of benzene rings is 1. The van der Waals surface area contributed by atoms with Gasteiger partial charge in [-0.2, -0.15) is 0 Å². The molecular weight excluding hydrogens is 370 g/mol. The van der Waals surface area contributed by atoms with Gasteiger partial charge in [0.05, 0.1) is 4.90 Å². The Bertz CT molecular complexity index is 553. The van der Waals surface area contributed by atoms with Crippen LogP contribution in [-0.2, 0) is 10.0 Å². The molecule has 94 valence electrons. The Hall–Kier alpha value is -0.170. The summed E-state index contributed by atoms with van der Waals surface area (Å²) in [7, 11) is -3.51. The molecule has 0 bridgehead atoms. The summed E-state index contributed by atoms with van der Waals surface area (Å²) in [6.07, 6.45) is 0. The highest BCUT2D eigenvalue weighted by Gasteiger charge is 2.18. The van der Waals surface area contributed by atoms with Crippen LogP contribution in [0.5, 0.6) is 0 Å². The summed E-state index contributed by atoms with van der Waals surface area (Å²) in [6.45, 7) is 7.56. The zero-order valence-electron chi connectivity index (χ0n) is 9.55. The molecule has 0 unspecified atom stereocenters. The fourth-order valence-electron chi connectivity index (χ4n) is 1.13. The van der Waals surface area contributed by atoms with Gasteiger partial charge in [0.25, 0.3) is 0 Å². The molecule has 1 aromatic rings. The molecule has 0 radical (unpaired) electrons. The topological polar surface area (TPSA) is 46.2 Å². The molecule has 0 saturated carbocycles. The van der Waals surface area contributed by atoms with Crippen molar-refractivity contribution >= 4 is 41.9 Å². The molecule has 0 saturated heterocycles. The maximum absolute atomic E-state index is 12.0. The normalized spacial score (nSPS) is 11.5. The van der Waals surface area contributed by atoms with Gasteiger partial charge in [-0.05, 0) is 47.5 Å². The van der Waals surface area contributed by atoms with Crippen molar-refractivity contribution in [2.45, 2.75) is 18.7 Å². The first-order valence-electron chi connectivity index (χ1n) is 4.83. The third kappa shape index (κ3) is 3.91. The van der Waals surface area contributed by atoms with Crippen LogP contribution in [0.2, 0.25) is 0 Å². The van der Waals surface area contributed by atoms with Crippen LogP contribution in [0.15, 0.2) is 38.1 Å². The highest BCUT2D eigenvalue weighted by Crippen LogP contribution is 2.28. The summed E-state index contributed by atoms with van der Waals surface area (Å²) in [4.78, 5) is 0.219. The molecule has 1 N–H and O–H groups in total. The summed E-state index contributed by atoms with van der Waals surface area (Å²) in [5, 5.41) is 0. The number of hydrogen-bond donors (Lipinski definition) is 1. The SMILES string of the molecule is C=C(C)CNS(=O)(=O)c1cc(Br)c(C)cc1Br. The fraction of sp³-hybridized carbons (Fsp3) is 0.273. The van der Waals surface area contributed by atoms with E-state index in [1.54, 1.807) is 19.1 Å². The summed E-state index contributed by atoms with van der Waals surface area (Å²) in [5.74, 6) is 0. The van der Waals surface area contributed by atoms with Gasteiger partial charge in [0.15, 0.2) is 0 Å². The van der Waals surface area contributed by atoms with Crippen LogP contribution in [-0.4, -0.2) is 15.0 Å². The van der Waals surface area contributed by atoms with Gasteiger partial charge in [-0.15, -0.1) is 0 Å². The second kappa shape index (κ2) is 5.65. The molecule has 0 atom stereocenters. The zero-order chi connectivity index (χ0) is 13.2. The lowest BCUT2D eigenvalue weighted by molar-refractivity contribution is 0.584. The van der Waals surface area contributed by atoms with Crippen LogP contribution in [0, 0.1) is 6.92 Å². The van der Waals surface area contributed by atoms with E-state index in [9.17, 15) is 8.42 Å². The molecule has 0 aliphatic heterocycles. The predicted octanol–water partition coefficient (Wildman–Crippen LogP) is 3.37. The average Bonchev–Trinajstić information content (AvgIpc) is 2.20. The van der Waals surface area contributed by atoms with Crippen molar-refractivity contribution in [3.05, 3.63) is 38.8 Å². The van der Waals surface area contributed by atoms with Gasteiger partial charge in [0, 0.05) is 15.5 Å². The van der Waals surface area contributed by atoms with E-state index >= 15 is 0 Å². The van der Waals surface area contributed by atoms with E-state index in [1.807, 2.05) is 6.92 Å². The first-order valence-corrected chi connectivity index (χ1v) is 7.90. The largest absolute Gasteiger partial charge is 0.242 e. The minimum atomic E-state index is -3.51. The van der Waals surface area contributed by atoms with E-state index in [0.29, 0.717) is 4.47 Å². The quantitative estimate of drug-likeness (QED) is 0.811. The molecule has 0 aliphatic rings. The number of hydrogen-bond acceptors (Lipinski definition) is 2. The molecule has 0 heterocycles. The van der Waals surface area contributed by atoms with Gasteiger partial charge in [-0.1, -0.05) is 28.1 Å². The molecule has 0 amide bonds. The second-order valence-electron chi connectivity index (χ2n) is 3.81. The van der Waals surface area contributed by atoms with Crippen LogP contribution >= 0.6 is 31.9 Å². The van der Waals surface area contributed by atoms with Gasteiger partial charge >= 0.3 is 0 Å². The minimum Gasteiger partial charge on any atom is -0.207 e. The van der Waals surface area contributed by atoms with Gasteiger partial charge in [0.2, 0.25) is 10.0 Å². The van der Waals surface area contributed by atoms with Gasteiger partial charge in [-0.25, -0.2) is 13.1 Å². The average molecular weight is 383 g/mol. The monoisotopic (exact) mass is 381 g/mol. The van der Waals surface area contributed by atoms with Crippen molar-refractivity contribution in [3.63, 3.8) is 0 Å². The second-order valence-corrected chi connectivity index (χ2v) is 7.26. The summed E-state index contributed by atoms with van der Waals surface area (Å²) in [6, 6.07) is 3.35. The molecule has 1 rings (SSSR count). The van der Waals surface area contributed by atoms with E-state index in [1.165, 1.54) is 0 Å². The fourth-order valence-corrected chi connectivity index (χ4v) is 3.90. The van der Waals surface area contributed by atoms with Crippen molar-refractivity contribution < 1.29 is 8.42 Å². The van der Waals surface area contributed by atoms with E-state index in [2.05, 4.69) is 43.2 Å². The zero-order valence-corrected chi connectivity index (χ0v) is 13.5. The minimum absolute atomic E-state index is 0.219. The van der Waals surface area contributed by atoms with Crippen molar-refractivity contribution in [3.8, 4) is 0 Å². The first kappa shape index (κ1) is 14.9. The van der Waals surface area contributed by atoms with Crippen LogP contribution in [0.1, 0.15) is 12.5 Å². The van der Waals surface area contributed by atoms with Crippen molar-refractivity contribution in [1.82, 2.24) is 4.72 Å². The van der Waals surface area contributed by atoms with Gasteiger partial charge in [0.1, 0.15) is 0 Å². The number of nitrogens with one attached hydrogen (secondary N) is 1. The number of rotatable bonds is 4. The number of halogens is 2. The van der Waals surface area contributed by atoms with Crippen molar-refractivity contribution in [2.75, 3.05) is 6.54 Å². The lowest BCUT2D eigenvalue weighted by Crippen LogP contribution is -2.25. The Morgan fingerprint density at radius 2 is 1.94 bits per heavy atom. The van der Waals surface area contributed by atoms with E-state index in [0.717, 1.165) is 15.6 Å². The Balaban J connectivity index is 3.15. The highest BCUT2D eigenvalue weighted by molar-refractivity contribution is 9.11. The van der Waals surface area contributed by atoms with Crippen molar-refractivity contribution in [1.29, 1.82) is 0 Å². The Morgan fingerprint density at radius 3 is 2.47 bits per heavy atom. The molecule has 6 heteroatoms. The molecule has 0 aromatic heterocycles. The van der Waals surface area contributed by atoms with Crippen LogP contribution in [0.3, 0.4) is 0 Å². The van der Waals surface area contributed by atoms with Gasteiger partial charge < -0.3 is 0 Å². The summed E-state index contributed by atoms with van der Waals surface area (Å²) >= 11 is 6.58. The molecule has 1 aromatic carbocycles. The summed E-state index contributed by atoms with van der Waals surface area (Å²) < 4.78 is 27.8. The molecular formula is C11H13Br2NO2S. The maximum atomic E-state index is 12.0. The Labute approximate surface area is 119 Å². The predicted molar refractivity (Wildman–Crippen MR) is 76.6 cm³/mol. The smallest absolute Gasteiger partial charge is 0.207 e. The molecule has 3 nitrogen and oxygen atoms in total. The highest BCUT2D eigenvalue weighted by atomic mass is 79.9.